The number of thiophene rings is 1. The van der Waals surface area contributed by atoms with E-state index >= 15 is 0 Å². The van der Waals surface area contributed by atoms with Gasteiger partial charge in [0, 0.05) is 27.9 Å². The third kappa shape index (κ3) is 3.43. The minimum Gasteiger partial charge on any atom is -0.305 e. The largest absolute Gasteiger partial charge is 0.305 e. The number of hydrogen-bond acceptors (Lipinski definition) is 2. The summed E-state index contributed by atoms with van der Waals surface area (Å²) < 4.78 is 13.8. The van der Waals surface area contributed by atoms with E-state index in [1.165, 1.54) is 16.5 Å². The van der Waals surface area contributed by atoms with Gasteiger partial charge in [0.2, 0.25) is 0 Å². The average Bonchev–Trinajstić information content (AvgIpc) is 3.02. The van der Waals surface area contributed by atoms with Crippen molar-refractivity contribution in [2.45, 2.75) is 19.5 Å². The molecule has 0 fully saturated rings. The molecule has 0 radical (unpaired) electrons. The summed E-state index contributed by atoms with van der Waals surface area (Å²) in [5, 5.41) is 3.51. The van der Waals surface area contributed by atoms with Crippen molar-refractivity contribution in [3.63, 3.8) is 0 Å². The Hall–Kier alpha value is -1.97. The van der Waals surface area contributed by atoms with Crippen molar-refractivity contribution in [1.29, 1.82) is 0 Å². The predicted octanol–water partition coefficient (Wildman–Crippen LogP) is 5.41. The maximum Gasteiger partial charge on any atom is 0.131 e. The Morgan fingerprint density at radius 3 is 2.45 bits per heavy atom. The fourth-order valence-electron chi connectivity index (χ4n) is 2.39. The molecule has 2 aromatic carbocycles. The van der Waals surface area contributed by atoms with Crippen molar-refractivity contribution in [2.75, 3.05) is 0 Å². The van der Waals surface area contributed by atoms with E-state index in [1.54, 1.807) is 17.4 Å². The summed E-state index contributed by atoms with van der Waals surface area (Å²) in [4.78, 5) is 2.18. The van der Waals surface area contributed by atoms with Gasteiger partial charge in [-0.25, -0.2) is 4.39 Å². The Labute approximate surface area is 134 Å². The Balaban J connectivity index is 1.67. The molecule has 22 heavy (non-hydrogen) atoms. The lowest BCUT2D eigenvalue weighted by molar-refractivity contribution is 0.579. The highest BCUT2D eigenvalue weighted by atomic mass is 32.1. The van der Waals surface area contributed by atoms with Crippen molar-refractivity contribution in [3.05, 3.63) is 83.0 Å². The second kappa shape index (κ2) is 6.86. The first-order chi connectivity index (χ1) is 10.7. The zero-order valence-electron chi connectivity index (χ0n) is 12.4. The quantitative estimate of drug-likeness (QED) is 0.665. The van der Waals surface area contributed by atoms with Crippen molar-refractivity contribution < 1.29 is 4.39 Å². The van der Waals surface area contributed by atoms with Crippen molar-refractivity contribution in [2.24, 2.45) is 0 Å². The Morgan fingerprint density at radius 2 is 1.68 bits per heavy atom. The second-order valence-electron chi connectivity index (χ2n) is 5.26. The highest BCUT2D eigenvalue weighted by Gasteiger charge is 2.09. The molecular formula is C19H18FNS. The molecule has 1 atom stereocenters. The Bertz CT molecular complexity index is 736. The van der Waals surface area contributed by atoms with Crippen LogP contribution in [-0.4, -0.2) is 0 Å². The summed E-state index contributed by atoms with van der Waals surface area (Å²) in [5.74, 6) is -0.165. The molecule has 0 spiro atoms. The molecule has 1 nitrogen and oxygen atoms in total. The maximum absolute atomic E-state index is 13.8. The van der Waals surface area contributed by atoms with Crippen LogP contribution in [-0.2, 0) is 6.54 Å². The number of hydrogen-bond donors (Lipinski definition) is 1. The van der Waals surface area contributed by atoms with Gasteiger partial charge in [-0.05, 0) is 30.7 Å². The van der Waals surface area contributed by atoms with Gasteiger partial charge in [-0.2, -0.15) is 0 Å². The van der Waals surface area contributed by atoms with E-state index in [4.69, 9.17) is 0 Å². The number of rotatable bonds is 5. The lowest BCUT2D eigenvalue weighted by Crippen LogP contribution is -2.17. The molecular weight excluding hydrogens is 293 g/mol. The first-order valence-corrected chi connectivity index (χ1v) is 8.17. The minimum absolute atomic E-state index is 0.165. The van der Waals surface area contributed by atoms with Gasteiger partial charge >= 0.3 is 0 Å². The fourth-order valence-corrected chi connectivity index (χ4v) is 3.38. The minimum atomic E-state index is -0.165. The summed E-state index contributed by atoms with van der Waals surface area (Å²) in [6.07, 6.45) is 0. The molecule has 0 aliphatic carbocycles. The monoisotopic (exact) mass is 311 g/mol. The molecule has 0 saturated carbocycles. The van der Waals surface area contributed by atoms with Crippen molar-refractivity contribution in [3.8, 4) is 10.4 Å². The average molecular weight is 311 g/mol. The van der Waals surface area contributed by atoms with Crippen LogP contribution in [0.15, 0.2) is 66.7 Å². The second-order valence-corrected chi connectivity index (χ2v) is 6.43. The molecule has 1 aromatic heterocycles. The van der Waals surface area contributed by atoms with Gasteiger partial charge in [0.25, 0.3) is 0 Å². The normalized spacial score (nSPS) is 12.3. The first kappa shape index (κ1) is 14.9. The predicted molar refractivity (Wildman–Crippen MR) is 91.4 cm³/mol. The van der Waals surface area contributed by atoms with Gasteiger partial charge in [0.05, 0.1) is 0 Å². The standard InChI is InChI=1S/C19H18FNS/c1-14(15-7-3-2-4-8-15)21-13-16-11-12-19(22-16)17-9-5-6-10-18(17)20/h2-12,14,21H,13H2,1H3. The molecule has 1 unspecified atom stereocenters. The van der Waals surface area contributed by atoms with Gasteiger partial charge < -0.3 is 5.32 Å². The van der Waals surface area contributed by atoms with E-state index in [-0.39, 0.29) is 5.82 Å². The lowest BCUT2D eigenvalue weighted by Gasteiger charge is -2.13. The van der Waals surface area contributed by atoms with Crippen molar-refractivity contribution >= 4 is 11.3 Å². The van der Waals surface area contributed by atoms with Crippen LogP contribution in [0.1, 0.15) is 23.4 Å². The summed E-state index contributed by atoms with van der Waals surface area (Å²) in [6.45, 7) is 2.94. The Kier molecular flexibility index (Phi) is 4.66. The highest BCUT2D eigenvalue weighted by Crippen LogP contribution is 2.30. The summed E-state index contributed by atoms with van der Waals surface area (Å²) in [6, 6.07) is 21.6. The fraction of sp³-hybridized carbons (Fsp3) is 0.158. The number of benzene rings is 2. The summed E-state index contributed by atoms with van der Waals surface area (Å²) in [7, 11) is 0. The third-order valence-electron chi connectivity index (χ3n) is 3.68. The van der Waals surface area contributed by atoms with Crippen LogP contribution in [0.4, 0.5) is 4.39 Å². The van der Waals surface area contributed by atoms with E-state index in [1.807, 2.05) is 24.3 Å². The molecule has 112 valence electrons. The van der Waals surface area contributed by atoms with Gasteiger partial charge in [-0.1, -0.05) is 48.5 Å². The molecule has 3 rings (SSSR count). The molecule has 0 bridgehead atoms. The molecule has 0 amide bonds. The summed E-state index contributed by atoms with van der Waals surface area (Å²) >= 11 is 1.63. The van der Waals surface area contributed by atoms with Crippen LogP contribution >= 0.6 is 11.3 Å². The highest BCUT2D eigenvalue weighted by molar-refractivity contribution is 7.15. The molecule has 0 aliphatic rings. The van der Waals surface area contributed by atoms with E-state index in [9.17, 15) is 4.39 Å². The first-order valence-electron chi connectivity index (χ1n) is 7.36. The number of nitrogens with one attached hydrogen (secondary N) is 1. The lowest BCUT2D eigenvalue weighted by atomic mass is 10.1. The number of halogens is 1. The van der Waals surface area contributed by atoms with Crippen LogP contribution in [0.2, 0.25) is 0 Å². The SMILES string of the molecule is CC(NCc1ccc(-c2ccccc2F)s1)c1ccccc1. The molecule has 1 heterocycles. The van der Waals surface area contributed by atoms with Crippen LogP contribution in [0.3, 0.4) is 0 Å². The van der Waals surface area contributed by atoms with E-state index < -0.39 is 0 Å². The van der Waals surface area contributed by atoms with E-state index in [2.05, 4.69) is 42.6 Å². The molecule has 3 heteroatoms. The molecule has 0 saturated heterocycles. The smallest absolute Gasteiger partial charge is 0.131 e. The zero-order chi connectivity index (χ0) is 15.4. The topological polar surface area (TPSA) is 12.0 Å². The van der Waals surface area contributed by atoms with Gasteiger partial charge in [0.1, 0.15) is 5.82 Å². The van der Waals surface area contributed by atoms with Crippen LogP contribution in [0, 0.1) is 5.82 Å². The maximum atomic E-state index is 13.8. The van der Waals surface area contributed by atoms with E-state index in [0.717, 1.165) is 11.4 Å². The third-order valence-corrected chi connectivity index (χ3v) is 4.80. The van der Waals surface area contributed by atoms with Crippen LogP contribution in [0.25, 0.3) is 10.4 Å². The molecule has 0 aliphatic heterocycles. The van der Waals surface area contributed by atoms with Gasteiger partial charge in [0.15, 0.2) is 0 Å². The Morgan fingerprint density at radius 1 is 0.955 bits per heavy atom. The van der Waals surface area contributed by atoms with Gasteiger partial charge in [-0.15, -0.1) is 11.3 Å². The van der Waals surface area contributed by atoms with E-state index in [0.29, 0.717) is 11.6 Å². The zero-order valence-corrected chi connectivity index (χ0v) is 13.2. The van der Waals surface area contributed by atoms with Gasteiger partial charge in [-0.3, -0.25) is 0 Å². The van der Waals surface area contributed by atoms with Crippen LogP contribution in [0.5, 0.6) is 0 Å². The van der Waals surface area contributed by atoms with Crippen LogP contribution < -0.4 is 5.32 Å². The summed E-state index contributed by atoms with van der Waals surface area (Å²) in [5.41, 5.74) is 1.95. The van der Waals surface area contributed by atoms with Crippen molar-refractivity contribution in [1.82, 2.24) is 5.32 Å². The molecule has 1 N–H and O–H groups in total. The molecule has 3 aromatic rings.